The minimum atomic E-state index is -0.276. The van der Waals surface area contributed by atoms with Crippen molar-refractivity contribution in [1.82, 2.24) is 15.1 Å². The third-order valence-corrected chi connectivity index (χ3v) is 4.30. The summed E-state index contributed by atoms with van der Waals surface area (Å²) >= 11 is 0. The van der Waals surface area contributed by atoms with Gasteiger partial charge in [-0.2, -0.15) is 0 Å². The molecule has 0 fully saturated rings. The van der Waals surface area contributed by atoms with Crippen LogP contribution in [0.3, 0.4) is 0 Å². The van der Waals surface area contributed by atoms with Crippen molar-refractivity contribution in [2.24, 2.45) is 5.92 Å². The molecule has 3 amide bonds. The number of hydrogen-bond acceptors (Lipinski definition) is 4. The van der Waals surface area contributed by atoms with E-state index < -0.39 is 0 Å². The summed E-state index contributed by atoms with van der Waals surface area (Å²) in [4.78, 5) is 28.0. The second-order valence-corrected chi connectivity index (χ2v) is 7.03. The number of urea groups is 1. The van der Waals surface area contributed by atoms with Gasteiger partial charge in [0.15, 0.2) is 5.75 Å². The topological polar surface area (TPSA) is 87.9 Å². The van der Waals surface area contributed by atoms with Crippen LogP contribution in [-0.2, 0) is 0 Å². The second-order valence-electron chi connectivity index (χ2n) is 7.03. The van der Waals surface area contributed by atoms with Gasteiger partial charge in [-0.15, -0.1) is 0 Å². The molecule has 1 aromatic rings. The standard InChI is InChI=1S/C18H28N4O3/c1-11(2)20-18(24)22(5)10-15-12(3)9-21(4)17(23)13-7-6-8-14(19)16(13)25-15/h6-8,11-12,15H,9-10,19H2,1-5H3,(H,20,24)/t12-,15+/m1/s1. The maximum absolute atomic E-state index is 12.6. The van der Waals surface area contributed by atoms with Crippen LogP contribution in [0.1, 0.15) is 31.1 Å². The molecule has 1 aromatic carbocycles. The molecule has 1 aliphatic heterocycles. The Bertz CT molecular complexity index is 647. The first-order valence-electron chi connectivity index (χ1n) is 8.53. The van der Waals surface area contributed by atoms with E-state index in [0.29, 0.717) is 30.1 Å². The van der Waals surface area contributed by atoms with Crippen LogP contribution >= 0.6 is 0 Å². The number of carbonyl (C=O) groups excluding carboxylic acids is 2. The summed E-state index contributed by atoms with van der Waals surface area (Å²) in [5.41, 5.74) is 6.92. The Morgan fingerprint density at radius 2 is 2.16 bits per heavy atom. The van der Waals surface area contributed by atoms with Gasteiger partial charge in [-0.25, -0.2) is 4.79 Å². The molecule has 138 valence electrons. The number of anilines is 1. The maximum Gasteiger partial charge on any atom is 0.317 e. The SMILES string of the molecule is CC(C)NC(=O)N(C)C[C@@H]1Oc2c(N)cccc2C(=O)N(C)C[C@H]1C. The van der Waals surface area contributed by atoms with E-state index in [-0.39, 0.29) is 30.0 Å². The molecule has 0 saturated heterocycles. The zero-order valence-electron chi connectivity index (χ0n) is 15.6. The monoisotopic (exact) mass is 348 g/mol. The lowest BCUT2D eigenvalue weighted by Crippen LogP contribution is -2.49. The number of benzene rings is 1. The Morgan fingerprint density at radius 3 is 2.80 bits per heavy atom. The number of amides is 3. The van der Waals surface area contributed by atoms with Crippen molar-refractivity contribution in [2.45, 2.75) is 32.9 Å². The van der Waals surface area contributed by atoms with Gasteiger partial charge in [0.1, 0.15) is 6.10 Å². The summed E-state index contributed by atoms with van der Waals surface area (Å²) < 4.78 is 6.13. The first kappa shape index (κ1) is 18.9. The maximum atomic E-state index is 12.6. The number of nitrogens with two attached hydrogens (primary N) is 1. The fourth-order valence-electron chi connectivity index (χ4n) is 2.89. The number of ether oxygens (including phenoxy) is 1. The average Bonchev–Trinajstić information content (AvgIpc) is 2.53. The van der Waals surface area contributed by atoms with Gasteiger partial charge in [0, 0.05) is 32.6 Å². The van der Waals surface area contributed by atoms with Crippen molar-refractivity contribution < 1.29 is 14.3 Å². The molecule has 2 rings (SSSR count). The molecule has 0 aromatic heterocycles. The molecule has 0 saturated carbocycles. The van der Waals surface area contributed by atoms with Crippen molar-refractivity contribution in [1.29, 1.82) is 0 Å². The highest BCUT2D eigenvalue weighted by Crippen LogP contribution is 2.31. The lowest BCUT2D eigenvalue weighted by Gasteiger charge is -2.35. The molecule has 0 spiro atoms. The number of para-hydroxylation sites is 1. The number of nitrogen functional groups attached to an aromatic ring is 1. The largest absolute Gasteiger partial charge is 0.485 e. The molecule has 1 heterocycles. The molecular weight excluding hydrogens is 320 g/mol. The first-order chi connectivity index (χ1) is 11.7. The highest BCUT2D eigenvalue weighted by molar-refractivity contribution is 5.98. The molecule has 1 aliphatic rings. The zero-order valence-corrected chi connectivity index (χ0v) is 15.6. The van der Waals surface area contributed by atoms with E-state index in [1.54, 1.807) is 42.1 Å². The molecule has 0 bridgehead atoms. The number of carbonyl (C=O) groups is 2. The third-order valence-electron chi connectivity index (χ3n) is 4.30. The van der Waals surface area contributed by atoms with Gasteiger partial charge in [0.05, 0.1) is 17.8 Å². The number of hydrogen-bond donors (Lipinski definition) is 2. The minimum absolute atomic E-state index is 0.0380. The van der Waals surface area contributed by atoms with E-state index in [1.165, 1.54) is 0 Å². The number of nitrogens with zero attached hydrogens (tertiary/aromatic N) is 2. The summed E-state index contributed by atoms with van der Waals surface area (Å²) in [6.07, 6.45) is -0.276. The first-order valence-corrected chi connectivity index (χ1v) is 8.53. The predicted molar refractivity (Wildman–Crippen MR) is 97.7 cm³/mol. The summed E-state index contributed by atoms with van der Waals surface area (Å²) in [6, 6.07) is 5.08. The van der Waals surface area contributed by atoms with Gasteiger partial charge in [-0.1, -0.05) is 13.0 Å². The van der Waals surface area contributed by atoms with Crippen LogP contribution in [-0.4, -0.2) is 61.1 Å². The Balaban J connectivity index is 2.27. The Morgan fingerprint density at radius 1 is 1.48 bits per heavy atom. The average molecular weight is 348 g/mol. The fraction of sp³-hybridized carbons (Fsp3) is 0.556. The van der Waals surface area contributed by atoms with E-state index >= 15 is 0 Å². The quantitative estimate of drug-likeness (QED) is 0.815. The minimum Gasteiger partial charge on any atom is -0.485 e. The fourth-order valence-corrected chi connectivity index (χ4v) is 2.89. The van der Waals surface area contributed by atoms with Crippen LogP contribution in [0.4, 0.5) is 10.5 Å². The Kier molecular flexibility index (Phi) is 5.77. The summed E-state index contributed by atoms with van der Waals surface area (Å²) in [5.74, 6) is 0.322. The number of likely N-dealkylation sites (N-methyl/N-ethyl adjacent to an activating group) is 1. The van der Waals surface area contributed by atoms with Gasteiger partial charge < -0.3 is 25.6 Å². The second kappa shape index (κ2) is 7.63. The van der Waals surface area contributed by atoms with E-state index in [9.17, 15) is 9.59 Å². The number of nitrogens with one attached hydrogen (secondary N) is 1. The van der Waals surface area contributed by atoms with Crippen LogP contribution in [0.5, 0.6) is 5.75 Å². The molecule has 2 atom stereocenters. The van der Waals surface area contributed by atoms with E-state index in [2.05, 4.69) is 5.32 Å². The zero-order chi connectivity index (χ0) is 18.7. The molecule has 25 heavy (non-hydrogen) atoms. The molecular formula is C18H28N4O3. The molecule has 7 nitrogen and oxygen atoms in total. The van der Waals surface area contributed by atoms with Crippen molar-refractivity contribution >= 4 is 17.6 Å². The third kappa shape index (κ3) is 4.35. The van der Waals surface area contributed by atoms with Crippen molar-refractivity contribution in [3.63, 3.8) is 0 Å². The normalized spacial score (nSPS) is 20.4. The highest BCUT2D eigenvalue weighted by Gasteiger charge is 2.31. The van der Waals surface area contributed by atoms with Crippen molar-refractivity contribution in [3.05, 3.63) is 23.8 Å². The van der Waals surface area contributed by atoms with Crippen LogP contribution in [0, 0.1) is 5.92 Å². The molecule has 3 N–H and O–H groups in total. The van der Waals surface area contributed by atoms with Crippen LogP contribution in [0.25, 0.3) is 0 Å². The van der Waals surface area contributed by atoms with Crippen molar-refractivity contribution in [3.8, 4) is 5.75 Å². The molecule has 0 aliphatic carbocycles. The lowest BCUT2D eigenvalue weighted by molar-refractivity contribution is 0.0579. The van der Waals surface area contributed by atoms with Crippen LogP contribution < -0.4 is 15.8 Å². The van der Waals surface area contributed by atoms with Crippen molar-refractivity contribution in [2.75, 3.05) is 32.9 Å². The lowest BCUT2D eigenvalue weighted by atomic mass is 10.0. The van der Waals surface area contributed by atoms with Crippen LogP contribution in [0.2, 0.25) is 0 Å². The summed E-state index contributed by atoms with van der Waals surface area (Å²) in [6.45, 7) is 6.77. The highest BCUT2D eigenvalue weighted by atomic mass is 16.5. The number of rotatable bonds is 3. The van der Waals surface area contributed by atoms with Gasteiger partial charge in [0.2, 0.25) is 0 Å². The summed E-state index contributed by atoms with van der Waals surface area (Å²) in [7, 11) is 3.50. The van der Waals surface area contributed by atoms with Gasteiger partial charge >= 0.3 is 6.03 Å². The van der Waals surface area contributed by atoms with E-state index in [4.69, 9.17) is 10.5 Å². The summed E-state index contributed by atoms with van der Waals surface area (Å²) in [5, 5.41) is 2.86. The predicted octanol–water partition coefficient (Wildman–Crippen LogP) is 1.79. The Labute approximate surface area is 149 Å². The van der Waals surface area contributed by atoms with Gasteiger partial charge in [-0.3, -0.25) is 4.79 Å². The van der Waals surface area contributed by atoms with Gasteiger partial charge in [0.25, 0.3) is 5.91 Å². The molecule has 7 heteroatoms. The number of fused-ring (bicyclic) bond motifs is 1. The van der Waals surface area contributed by atoms with E-state index in [1.807, 2.05) is 20.8 Å². The van der Waals surface area contributed by atoms with Crippen LogP contribution in [0.15, 0.2) is 18.2 Å². The van der Waals surface area contributed by atoms with Gasteiger partial charge in [-0.05, 0) is 26.0 Å². The van der Waals surface area contributed by atoms with E-state index in [0.717, 1.165) is 0 Å². The smallest absolute Gasteiger partial charge is 0.317 e. The Hall–Kier alpha value is -2.44. The molecule has 0 unspecified atom stereocenters. The molecule has 0 radical (unpaired) electrons.